The van der Waals surface area contributed by atoms with Crippen molar-refractivity contribution in [2.24, 2.45) is 0 Å². The van der Waals surface area contributed by atoms with Crippen LogP contribution in [0, 0.1) is 10.1 Å². The number of nitrogens with one attached hydrogen (secondary N) is 1. The normalized spacial score (nSPS) is 10.4. The van der Waals surface area contributed by atoms with Crippen LogP contribution in [0.1, 0.15) is 23.7 Å². The third-order valence-electron chi connectivity index (χ3n) is 2.22. The van der Waals surface area contributed by atoms with Gasteiger partial charge in [-0.1, -0.05) is 12.2 Å². The van der Waals surface area contributed by atoms with Gasteiger partial charge in [-0.2, -0.15) is 0 Å². The molecule has 5 nitrogen and oxygen atoms in total. The van der Waals surface area contributed by atoms with Crippen LogP contribution in [0.5, 0.6) is 0 Å². The van der Waals surface area contributed by atoms with E-state index in [2.05, 4.69) is 5.32 Å². The molecule has 0 aliphatic rings. The number of nitro benzene ring substituents is 1. The minimum Gasteiger partial charge on any atom is -0.379 e. The molecule has 0 bridgehead atoms. The fraction of sp³-hybridized carbons (Fsp3) is 0.250. The fourth-order valence-electron chi connectivity index (χ4n) is 1.38. The molecule has 1 rings (SSSR count). The van der Waals surface area contributed by atoms with E-state index >= 15 is 0 Å². The molecule has 0 radical (unpaired) electrons. The molecule has 1 aromatic rings. The number of anilines is 1. The summed E-state index contributed by atoms with van der Waals surface area (Å²) >= 11 is 0. The molecule has 0 aromatic heterocycles. The zero-order chi connectivity index (χ0) is 12.7. The van der Waals surface area contributed by atoms with Gasteiger partial charge in [0.25, 0.3) is 5.69 Å². The highest BCUT2D eigenvalue weighted by Crippen LogP contribution is 2.24. The molecule has 0 atom stereocenters. The maximum Gasteiger partial charge on any atom is 0.293 e. The number of hydrogen-bond acceptors (Lipinski definition) is 4. The Balaban J connectivity index is 2.83. The van der Waals surface area contributed by atoms with E-state index < -0.39 is 4.92 Å². The van der Waals surface area contributed by atoms with E-state index in [9.17, 15) is 14.9 Å². The quantitative estimate of drug-likeness (QED) is 0.270. The molecule has 0 heterocycles. The van der Waals surface area contributed by atoms with Crippen LogP contribution < -0.4 is 5.32 Å². The molecule has 90 valence electrons. The maximum absolute atomic E-state index is 10.8. The zero-order valence-corrected chi connectivity index (χ0v) is 9.55. The number of hydrogen-bond donors (Lipinski definition) is 1. The Morgan fingerprint density at radius 2 is 2.24 bits per heavy atom. The summed E-state index contributed by atoms with van der Waals surface area (Å²) in [5.74, 6) is 0. The first-order valence-electron chi connectivity index (χ1n) is 5.27. The summed E-state index contributed by atoms with van der Waals surface area (Å²) in [5.41, 5.74) is 0.663. The predicted octanol–water partition coefficient (Wildman–Crippen LogP) is 2.79. The summed E-state index contributed by atoms with van der Waals surface area (Å²) in [4.78, 5) is 20.9. The Morgan fingerprint density at radius 3 is 2.82 bits per heavy atom. The first-order chi connectivity index (χ1) is 8.19. The van der Waals surface area contributed by atoms with Gasteiger partial charge in [-0.15, -0.1) is 0 Å². The van der Waals surface area contributed by atoms with Crippen molar-refractivity contribution < 1.29 is 9.72 Å². The molecule has 5 heteroatoms. The lowest BCUT2D eigenvalue weighted by Gasteiger charge is -2.05. The average molecular weight is 234 g/mol. The van der Waals surface area contributed by atoms with Crippen LogP contribution in [-0.4, -0.2) is 17.8 Å². The monoisotopic (exact) mass is 234 g/mol. The maximum atomic E-state index is 10.8. The van der Waals surface area contributed by atoms with Crippen molar-refractivity contribution in [2.75, 3.05) is 11.9 Å². The van der Waals surface area contributed by atoms with Gasteiger partial charge in [-0.05, 0) is 25.5 Å². The van der Waals surface area contributed by atoms with Crippen LogP contribution in [0.3, 0.4) is 0 Å². The highest BCUT2D eigenvalue weighted by molar-refractivity contribution is 5.79. The molecule has 0 aliphatic carbocycles. The summed E-state index contributed by atoms with van der Waals surface area (Å²) in [7, 11) is 0. The van der Waals surface area contributed by atoms with E-state index in [0.29, 0.717) is 24.1 Å². The van der Waals surface area contributed by atoms with Crippen molar-refractivity contribution >= 4 is 17.7 Å². The van der Waals surface area contributed by atoms with Gasteiger partial charge in [0.15, 0.2) is 0 Å². The van der Waals surface area contributed by atoms with Gasteiger partial charge in [0.05, 0.1) is 4.92 Å². The van der Waals surface area contributed by atoms with Crippen molar-refractivity contribution in [3.63, 3.8) is 0 Å². The smallest absolute Gasteiger partial charge is 0.293 e. The third kappa shape index (κ3) is 3.71. The summed E-state index contributed by atoms with van der Waals surface area (Å²) in [6, 6.07) is 4.38. The second-order valence-electron chi connectivity index (χ2n) is 3.44. The Labute approximate surface area is 99.3 Å². The number of benzene rings is 1. The van der Waals surface area contributed by atoms with E-state index in [0.717, 1.165) is 6.42 Å². The standard InChI is InChI=1S/C12H14N2O3/c1-2-3-4-7-13-11-6-5-10(9-15)8-12(11)14(16)17/h2-3,5-6,8-9,13H,4,7H2,1H3/b3-2+. The van der Waals surface area contributed by atoms with Crippen molar-refractivity contribution in [2.45, 2.75) is 13.3 Å². The van der Waals surface area contributed by atoms with Gasteiger partial charge in [-0.3, -0.25) is 14.9 Å². The number of nitrogens with zero attached hydrogens (tertiary/aromatic N) is 1. The summed E-state index contributed by atoms with van der Waals surface area (Å²) in [6.07, 6.45) is 5.28. The molecule has 0 spiro atoms. The van der Waals surface area contributed by atoms with E-state index in [1.807, 2.05) is 19.1 Å². The minimum absolute atomic E-state index is 0.0740. The molecule has 0 aliphatic heterocycles. The molecule has 0 saturated heterocycles. The van der Waals surface area contributed by atoms with Gasteiger partial charge in [0.2, 0.25) is 0 Å². The second kappa shape index (κ2) is 6.42. The van der Waals surface area contributed by atoms with Crippen molar-refractivity contribution in [1.82, 2.24) is 0 Å². The lowest BCUT2D eigenvalue weighted by Crippen LogP contribution is -2.04. The number of allylic oxidation sites excluding steroid dienone is 1. The Bertz CT molecular complexity index is 441. The molecule has 0 unspecified atom stereocenters. The summed E-state index contributed by atoms with van der Waals surface area (Å²) < 4.78 is 0. The number of carbonyl (C=O) groups is 1. The lowest BCUT2D eigenvalue weighted by molar-refractivity contribution is -0.384. The fourth-order valence-corrected chi connectivity index (χ4v) is 1.38. The van der Waals surface area contributed by atoms with Gasteiger partial charge in [0, 0.05) is 18.2 Å². The Kier molecular flexibility index (Phi) is 4.87. The first-order valence-corrected chi connectivity index (χ1v) is 5.27. The number of rotatable bonds is 6. The van der Waals surface area contributed by atoms with Gasteiger partial charge in [0.1, 0.15) is 12.0 Å². The molecule has 1 aromatic carbocycles. The van der Waals surface area contributed by atoms with Gasteiger partial charge >= 0.3 is 0 Å². The molecule has 17 heavy (non-hydrogen) atoms. The van der Waals surface area contributed by atoms with Crippen LogP contribution in [0.2, 0.25) is 0 Å². The average Bonchev–Trinajstić information content (AvgIpc) is 2.34. The largest absolute Gasteiger partial charge is 0.379 e. The number of nitro groups is 1. The molecular formula is C12H14N2O3. The highest BCUT2D eigenvalue weighted by atomic mass is 16.6. The third-order valence-corrected chi connectivity index (χ3v) is 2.22. The van der Waals surface area contributed by atoms with Crippen LogP contribution in [0.15, 0.2) is 30.4 Å². The van der Waals surface area contributed by atoms with Crippen molar-refractivity contribution in [3.05, 3.63) is 46.0 Å². The molecule has 0 fully saturated rings. The molecule has 1 N–H and O–H groups in total. The van der Waals surface area contributed by atoms with Crippen molar-refractivity contribution in [1.29, 1.82) is 0 Å². The van der Waals surface area contributed by atoms with E-state index in [1.54, 1.807) is 12.1 Å². The zero-order valence-electron chi connectivity index (χ0n) is 9.55. The summed E-state index contributed by atoms with van der Waals surface area (Å²) in [5, 5.41) is 13.8. The second-order valence-corrected chi connectivity index (χ2v) is 3.44. The lowest BCUT2D eigenvalue weighted by atomic mass is 10.2. The van der Waals surface area contributed by atoms with Gasteiger partial charge in [-0.25, -0.2) is 0 Å². The van der Waals surface area contributed by atoms with E-state index in [4.69, 9.17) is 0 Å². The molecule has 0 saturated carbocycles. The van der Waals surface area contributed by atoms with Crippen molar-refractivity contribution in [3.8, 4) is 0 Å². The first kappa shape index (κ1) is 12.9. The molecule has 0 amide bonds. The highest BCUT2D eigenvalue weighted by Gasteiger charge is 2.13. The van der Waals surface area contributed by atoms with E-state index in [-0.39, 0.29) is 5.69 Å². The van der Waals surface area contributed by atoms with Crippen LogP contribution >= 0.6 is 0 Å². The summed E-state index contributed by atoms with van der Waals surface area (Å²) in [6.45, 7) is 2.53. The SMILES string of the molecule is C/C=C/CCNc1ccc(C=O)cc1[N+](=O)[O-]. The number of aldehydes is 1. The topological polar surface area (TPSA) is 72.2 Å². The van der Waals surface area contributed by atoms with Crippen LogP contribution in [-0.2, 0) is 0 Å². The van der Waals surface area contributed by atoms with E-state index in [1.165, 1.54) is 6.07 Å². The minimum atomic E-state index is -0.495. The van der Waals surface area contributed by atoms with Crippen LogP contribution in [0.25, 0.3) is 0 Å². The number of carbonyl (C=O) groups excluding carboxylic acids is 1. The Morgan fingerprint density at radius 1 is 1.47 bits per heavy atom. The van der Waals surface area contributed by atoms with Gasteiger partial charge < -0.3 is 5.32 Å². The Hall–Kier alpha value is -2.17. The molecular weight excluding hydrogens is 220 g/mol. The predicted molar refractivity (Wildman–Crippen MR) is 66.4 cm³/mol. The van der Waals surface area contributed by atoms with Crippen LogP contribution in [0.4, 0.5) is 11.4 Å².